The second-order valence-corrected chi connectivity index (χ2v) is 5.37. The highest BCUT2D eigenvalue weighted by atomic mass is 16.3. The molecule has 1 aliphatic rings. The first-order valence-corrected chi connectivity index (χ1v) is 7.05. The van der Waals surface area contributed by atoms with E-state index in [0.717, 1.165) is 11.3 Å². The molecular weight excluding hydrogens is 284 g/mol. The zero-order valence-corrected chi connectivity index (χ0v) is 11.9. The van der Waals surface area contributed by atoms with E-state index in [0.29, 0.717) is 24.3 Å². The number of nitrogens with zero attached hydrogens (tertiary/aromatic N) is 4. The van der Waals surface area contributed by atoms with Crippen molar-refractivity contribution in [2.45, 2.75) is 19.4 Å². The maximum Gasteiger partial charge on any atom is 0.274 e. The molecule has 1 unspecified atom stereocenters. The maximum absolute atomic E-state index is 12.7. The lowest BCUT2D eigenvalue weighted by molar-refractivity contribution is 0.0664. The first kappa shape index (κ1) is 12.9. The zero-order chi connectivity index (χ0) is 15.3. The van der Waals surface area contributed by atoms with E-state index in [-0.39, 0.29) is 17.7 Å². The molecular formula is C15H14N4O3. The summed E-state index contributed by atoms with van der Waals surface area (Å²) in [7, 11) is 0. The van der Waals surface area contributed by atoms with E-state index in [1.165, 1.54) is 16.9 Å². The second-order valence-electron chi connectivity index (χ2n) is 5.37. The third-order valence-corrected chi connectivity index (χ3v) is 4.06. The SMILES string of the molecule is CC1c2ccoc2CCN1C(=O)c1cc2ncc(O)cn2n1. The van der Waals surface area contributed by atoms with E-state index >= 15 is 0 Å². The van der Waals surface area contributed by atoms with Gasteiger partial charge in [0.25, 0.3) is 5.91 Å². The Morgan fingerprint density at radius 3 is 3.23 bits per heavy atom. The first-order chi connectivity index (χ1) is 10.6. The molecule has 4 rings (SSSR count). The van der Waals surface area contributed by atoms with Gasteiger partial charge in [-0.3, -0.25) is 4.79 Å². The lowest BCUT2D eigenvalue weighted by Crippen LogP contribution is -2.38. The van der Waals surface area contributed by atoms with Gasteiger partial charge in [-0.15, -0.1) is 0 Å². The van der Waals surface area contributed by atoms with Crippen LogP contribution in [-0.4, -0.2) is 37.1 Å². The number of furan rings is 1. The Hall–Kier alpha value is -2.83. The Morgan fingerprint density at radius 2 is 2.36 bits per heavy atom. The molecule has 0 bridgehead atoms. The van der Waals surface area contributed by atoms with Gasteiger partial charge < -0.3 is 14.4 Å². The minimum Gasteiger partial charge on any atom is -0.505 e. The monoisotopic (exact) mass is 298 g/mol. The van der Waals surface area contributed by atoms with Crippen molar-refractivity contribution in [3.05, 3.63) is 47.8 Å². The summed E-state index contributed by atoms with van der Waals surface area (Å²) in [6.45, 7) is 2.57. The summed E-state index contributed by atoms with van der Waals surface area (Å²) >= 11 is 0. The van der Waals surface area contributed by atoms with Gasteiger partial charge in [-0.05, 0) is 13.0 Å². The van der Waals surface area contributed by atoms with E-state index in [2.05, 4.69) is 10.1 Å². The fourth-order valence-electron chi connectivity index (χ4n) is 2.91. The Morgan fingerprint density at radius 1 is 1.50 bits per heavy atom. The van der Waals surface area contributed by atoms with Crippen LogP contribution < -0.4 is 0 Å². The average Bonchev–Trinajstić information content (AvgIpc) is 3.12. The van der Waals surface area contributed by atoms with Crippen LogP contribution in [0.1, 0.15) is 34.8 Å². The van der Waals surface area contributed by atoms with E-state index in [9.17, 15) is 9.90 Å². The largest absolute Gasteiger partial charge is 0.505 e. The van der Waals surface area contributed by atoms with Crippen LogP contribution in [0.15, 0.2) is 35.2 Å². The minimum absolute atomic E-state index is 0.00368. The van der Waals surface area contributed by atoms with Crippen LogP contribution in [0.25, 0.3) is 5.65 Å². The summed E-state index contributed by atoms with van der Waals surface area (Å²) in [5.41, 5.74) is 1.88. The molecule has 1 N–H and O–H groups in total. The van der Waals surface area contributed by atoms with Crippen molar-refractivity contribution in [1.29, 1.82) is 0 Å². The highest BCUT2D eigenvalue weighted by Crippen LogP contribution is 2.31. The number of carbonyl (C=O) groups is 1. The van der Waals surface area contributed by atoms with Crippen LogP contribution in [0.3, 0.4) is 0 Å². The van der Waals surface area contributed by atoms with Crippen molar-refractivity contribution in [3.8, 4) is 5.75 Å². The van der Waals surface area contributed by atoms with Gasteiger partial charge in [0.15, 0.2) is 17.1 Å². The highest BCUT2D eigenvalue weighted by Gasteiger charge is 2.31. The number of carbonyl (C=O) groups excluding carboxylic acids is 1. The number of amides is 1. The van der Waals surface area contributed by atoms with Gasteiger partial charge in [0.05, 0.1) is 24.7 Å². The smallest absolute Gasteiger partial charge is 0.274 e. The molecule has 0 aliphatic carbocycles. The van der Waals surface area contributed by atoms with Crippen LogP contribution in [0.5, 0.6) is 5.75 Å². The molecule has 7 heteroatoms. The van der Waals surface area contributed by atoms with Gasteiger partial charge in [0.2, 0.25) is 0 Å². The molecule has 3 aromatic rings. The summed E-state index contributed by atoms with van der Waals surface area (Å²) in [6, 6.07) is 3.48. The summed E-state index contributed by atoms with van der Waals surface area (Å²) < 4.78 is 6.83. The summed E-state index contributed by atoms with van der Waals surface area (Å²) in [5.74, 6) is 0.798. The van der Waals surface area contributed by atoms with Crippen LogP contribution in [-0.2, 0) is 6.42 Å². The lowest BCUT2D eigenvalue weighted by Gasteiger charge is -2.32. The molecule has 0 aromatic carbocycles. The molecule has 0 radical (unpaired) electrons. The van der Waals surface area contributed by atoms with Crippen LogP contribution in [0.2, 0.25) is 0 Å². The normalized spacial score (nSPS) is 17.7. The molecule has 0 saturated carbocycles. The molecule has 0 saturated heterocycles. The predicted octanol–water partition coefficient (Wildman–Crippen LogP) is 1.79. The minimum atomic E-state index is -0.149. The van der Waals surface area contributed by atoms with Crippen molar-refractivity contribution in [2.24, 2.45) is 0 Å². The van der Waals surface area contributed by atoms with Gasteiger partial charge >= 0.3 is 0 Å². The number of aromatic nitrogens is 3. The number of fused-ring (bicyclic) bond motifs is 2. The number of aromatic hydroxyl groups is 1. The summed E-state index contributed by atoms with van der Waals surface area (Å²) in [5, 5.41) is 13.6. The number of rotatable bonds is 1. The predicted molar refractivity (Wildman–Crippen MR) is 76.5 cm³/mol. The van der Waals surface area contributed by atoms with Crippen molar-refractivity contribution < 1.29 is 14.3 Å². The third-order valence-electron chi connectivity index (χ3n) is 4.06. The van der Waals surface area contributed by atoms with Gasteiger partial charge in [0.1, 0.15) is 5.76 Å². The standard InChI is InChI=1S/C15H14N4O3/c1-9-11-3-5-22-13(11)2-4-18(9)15(21)12-6-14-16-7-10(20)8-19(14)17-12/h3,5-9,20H,2,4H2,1H3. The zero-order valence-electron chi connectivity index (χ0n) is 11.9. The quantitative estimate of drug-likeness (QED) is 0.740. The molecule has 22 heavy (non-hydrogen) atoms. The Labute approximate surface area is 125 Å². The van der Waals surface area contributed by atoms with Crippen molar-refractivity contribution in [3.63, 3.8) is 0 Å². The molecule has 7 nitrogen and oxygen atoms in total. The summed E-state index contributed by atoms with van der Waals surface area (Å²) in [4.78, 5) is 18.5. The fraction of sp³-hybridized carbons (Fsp3) is 0.267. The molecule has 3 aromatic heterocycles. The first-order valence-electron chi connectivity index (χ1n) is 7.05. The average molecular weight is 298 g/mol. The van der Waals surface area contributed by atoms with Gasteiger partial charge in [-0.2, -0.15) is 5.10 Å². The second kappa shape index (κ2) is 4.59. The Bertz CT molecular complexity index is 867. The van der Waals surface area contributed by atoms with Gasteiger partial charge in [0, 0.05) is 24.6 Å². The summed E-state index contributed by atoms with van der Waals surface area (Å²) in [6.07, 6.45) is 5.11. The van der Waals surface area contributed by atoms with Gasteiger partial charge in [-0.25, -0.2) is 9.50 Å². The van der Waals surface area contributed by atoms with Gasteiger partial charge in [-0.1, -0.05) is 0 Å². The molecule has 1 aliphatic heterocycles. The van der Waals surface area contributed by atoms with E-state index in [4.69, 9.17) is 4.42 Å². The maximum atomic E-state index is 12.7. The molecule has 1 atom stereocenters. The highest BCUT2D eigenvalue weighted by molar-refractivity contribution is 5.93. The van der Waals surface area contributed by atoms with Crippen LogP contribution >= 0.6 is 0 Å². The van der Waals surface area contributed by atoms with E-state index in [1.54, 1.807) is 17.2 Å². The Kier molecular flexibility index (Phi) is 2.69. The van der Waals surface area contributed by atoms with E-state index < -0.39 is 0 Å². The molecule has 4 heterocycles. The van der Waals surface area contributed by atoms with E-state index in [1.807, 2.05) is 13.0 Å². The van der Waals surface area contributed by atoms with Crippen LogP contribution in [0, 0.1) is 0 Å². The lowest BCUT2D eigenvalue weighted by atomic mass is 10.0. The molecule has 112 valence electrons. The van der Waals surface area contributed by atoms with Crippen molar-refractivity contribution in [1.82, 2.24) is 19.5 Å². The number of hydrogen-bond donors (Lipinski definition) is 1. The molecule has 0 fully saturated rings. The van der Waals surface area contributed by atoms with Crippen molar-refractivity contribution >= 4 is 11.6 Å². The van der Waals surface area contributed by atoms with Crippen molar-refractivity contribution in [2.75, 3.05) is 6.54 Å². The molecule has 1 amide bonds. The topological polar surface area (TPSA) is 83.9 Å². The van der Waals surface area contributed by atoms with Crippen LogP contribution in [0.4, 0.5) is 0 Å². The Balaban J connectivity index is 1.68. The third kappa shape index (κ3) is 1.86. The molecule has 0 spiro atoms. The fourth-order valence-corrected chi connectivity index (χ4v) is 2.91. The number of hydrogen-bond acceptors (Lipinski definition) is 5.